The van der Waals surface area contributed by atoms with Crippen LogP contribution in [0.3, 0.4) is 0 Å². The number of carbonyl (C=O) groups excluding carboxylic acids is 1. The second-order valence-electron chi connectivity index (χ2n) is 5.68. The van der Waals surface area contributed by atoms with Crippen molar-refractivity contribution >= 4 is 44.9 Å². The lowest BCUT2D eigenvalue weighted by molar-refractivity contribution is 0.0998. The maximum absolute atomic E-state index is 12.7. The third kappa shape index (κ3) is 2.43. The molecule has 0 fully saturated rings. The summed E-state index contributed by atoms with van der Waals surface area (Å²) < 4.78 is 5.73. The summed E-state index contributed by atoms with van der Waals surface area (Å²) >= 11 is 6.03. The Labute approximate surface area is 143 Å². The third-order valence-electron chi connectivity index (χ3n) is 4.14. The summed E-state index contributed by atoms with van der Waals surface area (Å²) in [4.78, 5) is 12.7. The monoisotopic (exact) mass is 335 g/mol. The number of hydrogen-bond donors (Lipinski definition) is 1. The van der Waals surface area contributed by atoms with E-state index in [2.05, 4.69) is 5.32 Å². The second-order valence-corrected chi connectivity index (χ2v) is 6.11. The van der Waals surface area contributed by atoms with Crippen LogP contribution >= 0.6 is 11.6 Å². The van der Waals surface area contributed by atoms with E-state index >= 15 is 0 Å². The van der Waals surface area contributed by atoms with Crippen molar-refractivity contribution in [3.63, 3.8) is 0 Å². The van der Waals surface area contributed by atoms with Gasteiger partial charge in [-0.15, -0.1) is 0 Å². The van der Waals surface area contributed by atoms with Gasteiger partial charge in [-0.2, -0.15) is 0 Å². The zero-order valence-corrected chi connectivity index (χ0v) is 13.7. The minimum absolute atomic E-state index is 0.267. The molecule has 0 unspecified atom stereocenters. The van der Waals surface area contributed by atoms with Crippen LogP contribution in [-0.2, 0) is 0 Å². The van der Waals surface area contributed by atoms with Crippen LogP contribution in [0.1, 0.15) is 16.1 Å². The summed E-state index contributed by atoms with van der Waals surface area (Å²) in [6.45, 7) is 1.86. The van der Waals surface area contributed by atoms with E-state index in [-0.39, 0.29) is 5.91 Å². The first-order valence-electron chi connectivity index (χ1n) is 7.61. The van der Waals surface area contributed by atoms with Gasteiger partial charge in [-0.25, -0.2) is 0 Å². The number of amides is 1. The fraction of sp³-hybridized carbons (Fsp3) is 0.0500. The fourth-order valence-electron chi connectivity index (χ4n) is 2.92. The van der Waals surface area contributed by atoms with Crippen LogP contribution in [0.15, 0.2) is 65.1 Å². The van der Waals surface area contributed by atoms with Crippen molar-refractivity contribution in [2.45, 2.75) is 6.92 Å². The standard InChI is InChI=1S/C20H14ClNO2/c1-12-16-11-14(21)9-10-18(16)24-19(12)20(23)22-17-8-4-6-13-5-2-3-7-15(13)17/h2-11H,1H3,(H,22,23). The van der Waals surface area contributed by atoms with Crippen molar-refractivity contribution < 1.29 is 9.21 Å². The molecule has 0 spiro atoms. The van der Waals surface area contributed by atoms with Crippen molar-refractivity contribution in [1.82, 2.24) is 0 Å². The minimum Gasteiger partial charge on any atom is -0.451 e. The van der Waals surface area contributed by atoms with E-state index in [4.69, 9.17) is 16.0 Å². The van der Waals surface area contributed by atoms with Gasteiger partial charge in [0.15, 0.2) is 5.76 Å². The highest BCUT2D eigenvalue weighted by molar-refractivity contribution is 6.31. The SMILES string of the molecule is Cc1c(C(=O)Nc2cccc3ccccc23)oc2ccc(Cl)cc12. The molecule has 0 radical (unpaired) electrons. The fourth-order valence-corrected chi connectivity index (χ4v) is 3.10. The summed E-state index contributed by atoms with van der Waals surface area (Å²) in [5.41, 5.74) is 2.20. The molecule has 4 heteroatoms. The zero-order valence-electron chi connectivity index (χ0n) is 13.0. The molecule has 24 heavy (non-hydrogen) atoms. The van der Waals surface area contributed by atoms with Gasteiger partial charge in [0.25, 0.3) is 5.91 Å². The van der Waals surface area contributed by atoms with Crippen LogP contribution in [0.4, 0.5) is 5.69 Å². The molecule has 118 valence electrons. The van der Waals surface area contributed by atoms with Crippen LogP contribution in [0, 0.1) is 6.92 Å². The second kappa shape index (κ2) is 5.69. The van der Waals surface area contributed by atoms with E-state index in [0.717, 1.165) is 27.4 Å². The Balaban J connectivity index is 1.75. The molecule has 0 aliphatic carbocycles. The quantitative estimate of drug-likeness (QED) is 0.503. The van der Waals surface area contributed by atoms with E-state index in [1.165, 1.54) is 0 Å². The molecule has 0 atom stereocenters. The highest BCUT2D eigenvalue weighted by Gasteiger charge is 2.18. The lowest BCUT2D eigenvalue weighted by Gasteiger charge is -2.07. The summed E-state index contributed by atoms with van der Waals surface area (Å²) in [7, 11) is 0. The third-order valence-corrected chi connectivity index (χ3v) is 4.38. The number of halogens is 1. The highest BCUT2D eigenvalue weighted by atomic mass is 35.5. The Morgan fingerprint density at radius 1 is 1.00 bits per heavy atom. The van der Waals surface area contributed by atoms with Gasteiger partial charge >= 0.3 is 0 Å². The number of furan rings is 1. The first kappa shape index (κ1) is 14.8. The van der Waals surface area contributed by atoms with Crippen LogP contribution < -0.4 is 5.32 Å². The molecule has 0 aliphatic heterocycles. The number of aryl methyl sites for hydroxylation is 1. The van der Waals surface area contributed by atoms with Gasteiger partial charge in [-0.3, -0.25) is 4.79 Å². The number of hydrogen-bond acceptors (Lipinski definition) is 2. The van der Waals surface area contributed by atoms with E-state index in [1.54, 1.807) is 12.1 Å². The van der Waals surface area contributed by atoms with Gasteiger partial charge in [-0.1, -0.05) is 48.0 Å². The summed E-state index contributed by atoms with van der Waals surface area (Å²) in [6, 6.07) is 19.1. The van der Waals surface area contributed by atoms with Crippen LogP contribution in [0.25, 0.3) is 21.7 Å². The molecular weight excluding hydrogens is 322 g/mol. The van der Waals surface area contributed by atoms with Crippen LogP contribution in [0.2, 0.25) is 5.02 Å². The molecular formula is C20H14ClNO2. The molecule has 4 rings (SSSR count). The lowest BCUT2D eigenvalue weighted by atomic mass is 10.1. The molecule has 1 N–H and O–H groups in total. The first-order valence-corrected chi connectivity index (χ1v) is 7.99. The predicted molar refractivity (Wildman–Crippen MR) is 97.9 cm³/mol. The minimum atomic E-state index is -0.267. The Morgan fingerprint density at radius 3 is 2.67 bits per heavy atom. The van der Waals surface area contributed by atoms with Gasteiger partial charge in [0.05, 0.1) is 0 Å². The average molecular weight is 336 g/mol. The molecule has 0 saturated carbocycles. The molecule has 3 nitrogen and oxygen atoms in total. The Bertz CT molecular complexity index is 1080. The Morgan fingerprint density at radius 2 is 1.79 bits per heavy atom. The summed E-state index contributed by atoms with van der Waals surface area (Å²) in [5, 5.41) is 6.49. The Hall–Kier alpha value is -2.78. The van der Waals surface area contributed by atoms with E-state index < -0.39 is 0 Å². The average Bonchev–Trinajstić information content (AvgIpc) is 2.92. The van der Waals surface area contributed by atoms with Crippen molar-refractivity contribution in [1.29, 1.82) is 0 Å². The number of rotatable bonds is 2. The van der Waals surface area contributed by atoms with Gasteiger partial charge in [-0.05, 0) is 36.6 Å². The number of anilines is 1. The lowest BCUT2D eigenvalue weighted by Crippen LogP contribution is -2.12. The van der Waals surface area contributed by atoms with Crippen molar-refractivity contribution in [2.24, 2.45) is 0 Å². The zero-order chi connectivity index (χ0) is 16.7. The Kier molecular flexibility index (Phi) is 3.51. The summed E-state index contributed by atoms with van der Waals surface area (Å²) in [5.74, 6) is 0.0383. The number of nitrogens with one attached hydrogen (secondary N) is 1. The van der Waals surface area contributed by atoms with Gasteiger partial charge in [0.2, 0.25) is 0 Å². The van der Waals surface area contributed by atoms with Crippen molar-refractivity contribution in [3.8, 4) is 0 Å². The van der Waals surface area contributed by atoms with Crippen LogP contribution in [0.5, 0.6) is 0 Å². The first-order chi connectivity index (χ1) is 11.6. The maximum atomic E-state index is 12.7. The largest absolute Gasteiger partial charge is 0.451 e. The van der Waals surface area contributed by atoms with Gasteiger partial charge in [0.1, 0.15) is 5.58 Å². The maximum Gasteiger partial charge on any atom is 0.291 e. The van der Waals surface area contributed by atoms with E-state index in [1.807, 2.05) is 55.5 Å². The molecule has 4 aromatic rings. The normalized spacial score (nSPS) is 11.1. The smallest absolute Gasteiger partial charge is 0.291 e. The molecule has 0 saturated heterocycles. The van der Waals surface area contributed by atoms with E-state index in [0.29, 0.717) is 16.4 Å². The van der Waals surface area contributed by atoms with Crippen molar-refractivity contribution in [2.75, 3.05) is 5.32 Å². The van der Waals surface area contributed by atoms with Gasteiger partial charge in [0, 0.05) is 27.0 Å². The molecule has 1 heterocycles. The van der Waals surface area contributed by atoms with Crippen molar-refractivity contribution in [3.05, 3.63) is 77.0 Å². The predicted octanol–water partition coefficient (Wildman–Crippen LogP) is 5.80. The number of carbonyl (C=O) groups is 1. The molecule has 1 aromatic heterocycles. The van der Waals surface area contributed by atoms with Crippen LogP contribution in [-0.4, -0.2) is 5.91 Å². The molecule has 0 aliphatic rings. The van der Waals surface area contributed by atoms with E-state index in [9.17, 15) is 4.79 Å². The molecule has 1 amide bonds. The van der Waals surface area contributed by atoms with Gasteiger partial charge < -0.3 is 9.73 Å². The topological polar surface area (TPSA) is 42.2 Å². The number of benzene rings is 3. The highest BCUT2D eigenvalue weighted by Crippen LogP contribution is 2.29. The number of fused-ring (bicyclic) bond motifs is 2. The molecule has 0 bridgehead atoms. The molecule has 3 aromatic carbocycles. The summed E-state index contributed by atoms with van der Waals surface area (Å²) in [6.07, 6.45) is 0.